The third-order valence-corrected chi connectivity index (χ3v) is 5.26. The normalized spacial score (nSPS) is 11.3. The van der Waals surface area contributed by atoms with Gasteiger partial charge in [-0.25, -0.2) is 4.98 Å². The van der Waals surface area contributed by atoms with Gasteiger partial charge in [-0.15, -0.1) is 35.9 Å². The summed E-state index contributed by atoms with van der Waals surface area (Å²) in [5.74, 6) is 1.39. The molecule has 35 heavy (non-hydrogen) atoms. The van der Waals surface area contributed by atoms with Crippen molar-refractivity contribution < 1.29 is 34.4 Å². The Labute approximate surface area is 220 Å². The summed E-state index contributed by atoms with van der Waals surface area (Å²) in [5.41, 5.74) is 6.97. The molecule has 4 rings (SSSR count). The largest absolute Gasteiger partial charge is 0.512 e. The molecule has 0 bridgehead atoms. The maximum atomic E-state index is 10.0. The number of aromatic nitrogens is 2. The molecule has 0 saturated carbocycles. The molecule has 0 aliphatic heterocycles. The van der Waals surface area contributed by atoms with Gasteiger partial charge in [-0.2, -0.15) is 0 Å². The number of pyridine rings is 1. The Morgan fingerprint density at radius 1 is 1.03 bits per heavy atom. The minimum absolute atomic E-state index is 0. The second-order valence-corrected chi connectivity index (χ2v) is 8.85. The molecule has 5 nitrogen and oxygen atoms in total. The molecule has 2 heterocycles. The van der Waals surface area contributed by atoms with Crippen molar-refractivity contribution in [3.8, 4) is 22.7 Å². The van der Waals surface area contributed by atoms with E-state index in [4.69, 9.17) is 14.5 Å². The van der Waals surface area contributed by atoms with Crippen LogP contribution in [0.25, 0.3) is 33.8 Å². The average molecular weight is 648 g/mol. The van der Waals surface area contributed by atoms with Crippen LogP contribution in [0.1, 0.15) is 64.5 Å². The molecular weight excluding hydrogens is 617 g/mol. The fourth-order valence-electron chi connectivity index (χ4n) is 3.73. The van der Waals surface area contributed by atoms with Gasteiger partial charge in [0.05, 0.1) is 12.0 Å². The van der Waals surface area contributed by atoms with Gasteiger partial charge < -0.3 is 14.5 Å². The summed E-state index contributed by atoms with van der Waals surface area (Å²) in [6.45, 7) is 11.7. The van der Waals surface area contributed by atoms with E-state index in [-0.39, 0.29) is 31.6 Å². The summed E-state index contributed by atoms with van der Waals surface area (Å²) in [5, 5.41) is 8.36. The van der Waals surface area contributed by atoms with Crippen LogP contribution in [0.2, 0.25) is 0 Å². The third kappa shape index (κ3) is 7.20. The minimum atomic E-state index is -0.125. The van der Waals surface area contributed by atoms with E-state index in [9.17, 15) is 4.79 Å². The van der Waals surface area contributed by atoms with Gasteiger partial charge in [0, 0.05) is 31.7 Å². The van der Waals surface area contributed by atoms with Crippen LogP contribution in [0.4, 0.5) is 0 Å². The molecule has 0 fully saturated rings. The first-order valence-corrected chi connectivity index (χ1v) is 11.4. The first-order chi connectivity index (χ1) is 16.2. The number of rotatable bonds is 5. The van der Waals surface area contributed by atoms with Gasteiger partial charge in [0.15, 0.2) is 11.4 Å². The maximum Gasteiger partial charge on any atom is 0.227 e. The Morgan fingerprint density at radius 3 is 2.17 bits per heavy atom. The van der Waals surface area contributed by atoms with Crippen molar-refractivity contribution >= 4 is 16.9 Å². The van der Waals surface area contributed by atoms with Gasteiger partial charge in [-0.05, 0) is 48.6 Å². The van der Waals surface area contributed by atoms with E-state index in [0.717, 1.165) is 22.3 Å². The van der Waals surface area contributed by atoms with Gasteiger partial charge in [0.25, 0.3) is 0 Å². The first kappa shape index (κ1) is 28.2. The molecule has 2 aromatic carbocycles. The topological polar surface area (TPSA) is 76.2 Å². The Bertz CT molecular complexity index is 1280. The molecule has 0 aliphatic rings. The molecule has 185 valence electrons. The van der Waals surface area contributed by atoms with Crippen LogP contribution in [0.5, 0.6) is 0 Å². The van der Waals surface area contributed by atoms with Crippen LogP contribution < -0.4 is 0 Å². The second-order valence-electron chi connectivity index (χ2n) is 8.85. The number of aliphatic hydroxyl groups excluding tert-OH is 1. The first-order valence-electron chi connectivity index (χ1n) is 11.4. The van der Waals surface area contributed by atoms with E-state index < -0.39 is 0 Å². The van der Waals surface area contributed by atoms with Crippen LogP contribution in [-0.4, -0.2) is 20.9 Å². The number of aliphatic hydroxyl groups is 1. The molecule has 0 saturated heterocycles. The van der Waals surface area contributed by atoms with Crippen LogP contribution in [0, 0.1) is 6.07 Å². The van der Waals surface area contributed by atoms with Gasteiger partial charge in [0.2, 0.25) is 5.89 Å². The molecule has 1 radical (unpaired) electrons. The predicted molar refractivity (Wildman–Crippen MR) is 137 cm³/mol. The van der Waals surface area contributed by atoms with E-state index in [0.29, 0.717) is 23.3 Å². The number of ketones is 1. The van der Waals surface area contributed by atoms with Crippen molar-refractivity contribution in [3.63, 3.8) is 0 Å². The molecule has 0 aliphatic carbocycles. The maximum absolute atomic E-state index is 10.0. The van der Waals surface area contributed by atoms with E-state index >= 15 is 0 Å². The monoisotopic (exact) mass is 648 g/mol. The molecule has 0 amide bonds. The predicted octanol–water partition coefficient (Wildman–Crippen LogP) is 7.64. The number of benzene rings is 2. The molecular formula is C29H31IrN2O3-. The summed E-state index contributed by atoms with van der Waals surface area (Å²) in [4.78, 5) is 19.4. The summed E-state index contributed by atoms with van der Waals surface area (Å²) in [7, 11) is 0. The van der Waals surface area contributed by atoms with E-state index in [1.807, 2.05) is 30.3 Å². The Hall–Kier alpha value is -3.08. The average Bonchev–Trinajstić information content (AvgIpc) is 3.21. The van der Waals surface area contributed by atoms with Crippen LogP contribution in [0.3, 0.4) is 0 Å². The zero-order valence-corrected chi connectivity index (χ0v) is 23.3. The Kier molecular flexibility index (Phi) is 10.1. The van der Waals surface area contributed by atoms with Crippen molar-refractivity contribution in [2.75, 3.05) is 0 Å². The Balaban J connectivity index is 0.000000476. The molecule has 0 unspecified atom stereocenters. The van der Waals surface area contributed by atoms with Crippen molar-refractivity contribution in [1.29, 1.82) is 0 Å². The number of fused-ring (bicyclic) bond motifs is 1. The zero-order valence-electron chi connectivity index (χ0n) is 20.9. The van der Waals surface area contributed by atoms with Gasteiger partial charge in [0.1, 0.15) is 5.52 Å². The van der Waals surface area contributed by atoms with Gasteiger partial charge in [-0.3, -0.25) is 4.79 Å². The molecule has 6 heteroatoms. The summed E-state index contributed by atoms with van der Waals surface area (Å²) < 4.78 is 6.14. The number of allylic oxidation sites excluding steroid dienone is 2. The van der Waals surface area contributed by atoms with E-state index in [1.54, 1.807) is 6.20 Å². The van der Waals surface area contributed by atoms with Crippen molar-refractivity contribution in [2.24, 2.45) is 0 Å². The molecule has 0 spiro atoms. The molecule has 1 N–H and O–H groups in total. The van der Waals surface area contributed by atoms with Crippen LogP contribution in [0.15, 0.2) is 71.0 Å². The molecule has 0 atom stereocenters. The number of hydrogen-bond acceptors (Lipinski definition) is 5. The zero-order chi connectivity index (χ0) is 24.8. The second kappa shape index (κ2) is 12.6. The fourth-order valence-corrected chi connectivity index (χ4v) is 3.73. The van der Waals surface area contributed by atoms with Crippen molar-refractivity contribution in [1.82, 2.24) is 9.97 Å². The van der Waals surface area contributed by atoms with Gasteiger partial charge >= 0.3 is 0 Å². The summed E-state index contributed by atoms with van der Waals surface area (Å²) in [6, 6.07) is 19.5. The SMILES string of the molecule is CC(=O)/C=C(/C)O.CC(C)c1cccc(C(C)C)c1-c1nc2cc(-c3[c-]cccc3)ncc2o1.[Ir]. The number of oxazole rings is 1. The van der Waals surface area contributed by atoms with E-state index in [2.05, 4.69) is 56.9 Å². The quantitative estimate of drug-likeness (QED) is 0.137. The van der Waals surface area contributed by atoms with Gasteiger partial charge in [-0.1, -0.05) is 45.9 Å². The molecule has 2 aromatic heterocycles. The Morgan fingerprint density at radius 2 is 1.69 bits per heavy atom. The number of carbonyl (C=O) groups excluding carboxylic acids is 1. The van der Waals surface area contributed by atoms with E-state index in [1.165, 1.54) is 31.1 Å². The van der Waals surface area contributed by atoms with Crippen LogP contribution >= 0.6 is 0 Å². The summed E-state index contributed by atoms with van der Waals surface area (Å²) in [6.07, 6.45) is 2.93. The molecule has 4 aromatic rings. The number of hydrogen-bond donors (Lipinski definition) is 1. The van der Waals surface area contributed by atoms with Crippen molar-refractivity contribution in [3.05, 3.63) is 83.8 Å². The smallest absolute Gasteiger partial charge is 0.227 e. The number of carbonyl (C=O) groups is 1. The minimum Gasteiger partial charge on any atom is -0.512 e. The van der Waals surface area contributed by atoms with Crippen molar-refractivity contribution in [2.45, 2.75) is 53.4 Å². The summed E-state index contributed by atoms with van der Waals surface area (Å²) >= 11 is 0. The standard InChI is InChI=1S/C24H23N2O.C5H8O2.Ir/c1-15(2)18-11-8-12-19(16(3)4)23(18)24-26-21-13-20(25-14-22(21)27-24)17-9-6-5-7-10-17;1-4(6)3-5(2)7;/h5-9,11-16H,1-4H3;3,6H,1-2H3;/q-1;;/b;4-3-;. The number of nitrogens with zero attached hydrogens (tertiary/aromatic N) is 2. The fraction of sp³-hybridized carbons (Fsp3) is 0.276. The third-order valence-electron chi connectivity index (χ3n) is 5.26. The van der Waals surface area contributed by atoms with Crippen LogP contribution in [-0.2, 0) is 24.9 Å².